The van der Waals surface area contributed by atoms with Crippen LogP contribution in [0, 0.1) is 0 Å². The topological polar surface area (TPSA) is 68.8 Å². The van der Waals surface area contributed by atoms with Crippen molar-refractivity contribution in [2.75, 3.05) is 27.2 Å². The molecule has 30 heavy (non-hydrogen) atoms. The van der Waals surface area contributed by atoms with Gasteiger partial charge >= 0.3 is 0 Å². The molecule has 162 valence electrons. The highest BCUT2D eigenvalue weighted by Crippen LogP contribution is 2.08. The van der Waals surface area contributed by atoms with E-state index in [1.54, 1.807) is 7.05 Å². The number of benzene rings is 2. The highest BCUT2D eigenvalue weighted by atomic mass is 16.1. The molecule has 2 aromatic rings. The molecule has 0 fully saturated rings. The maximum Gasteiger partial charge on any atom is 0.251 e. The van der Waals surface area contributed by atoms with Crippen LogP contribution in [-0.2, 0) is 13.1 Å². The second-order valence-electron chi connectivity index (χ2n) is 7.45. The number of hydrogen-bond donors (Lipinski definition) is 3. The van der Waals surface area contributed by atoms with Crippen molar-refractivity contribution in [2.45, 2.75) is 39.4 Å². The van der Waals surface area contributed by atoms with Crippen molar-refractivity contribution < 1.29 is 4.79 Å². The summed E-state index contributed by atoms with van der Waals surface area (Å²) in [5.74, 6) is 0.738. The zero-order chi connectivity index (χ0) is 21.8. The highest BCUT2D eigenvalue weighted by molar-refractivity contribution is 5.94. The van der Waals surface area contributed by atoms with Crippen molar-refractivity contribution in [1.29, 1.82) is 0 Å². The van der Waals surface area contributed by atoms with Crippen LogP contribution in [0.5, 0.6) is 0 Å². The standard InChI is InChI=1S/C24H35N5O/c1-5-26-23(30)22-13-11-20(12-14-22)17-28-24(25-3)27-16-15-19(2)29(4)18-21-9-7-6-8-10-21/h6-14,19H,5,15-18H2,1-4H3,(H,26,30)(H2,25,27,28). The van der Waals surface area contributed by atoms with Crippen LogP contribution < -0.4 is 16.0 Å². The van der Waals surface area contributed by atoms with Crippen LogP contribution in [0.4, 0.5) is 0 Å². The normalized spacial score (nSPS) is 12.5. The van der Waals surface area contributed by atoms with Crippen molar-refractivity contribution in [3.8, 4) is 0 Å². The lowest BCUT2D eigenvalue weighted by molar-refractivity contribution is 0.0956. The molecule has 0 aliphatic heterocycles. The molecule has 2 rings (SSSR count). The van der Waals surface area contributed by atoms with Gasteiger partial charge in [-0.05, 0) is 50.6 Å². The number of rotatable bonds is 10. The summed E-state index contributed by atoms with van der Waals surface area (Å²) in [5, 5.41) is 9.52. The molecule has 0 aromatic heterocycles. The Morgan fingerprint density at radius 1 is 1.00 bits per heavy atom. The molecule has 6 nitrogen and oxygen atoms in total. The molecule has 0 bridgehead atoms. The number of hydrogen-bond acceptors (Lipinski definition) is 3. The smallest absolute Gasteiger partial charge is 0.251 e. The summed E-state index contributed by atoms with van der Waals surface area (Å²) < 4.78 is 0. The SMILES string of the molecule is CCNC(=O)c1ccc(CNC(=NC)NCCC(C)N(C)Cc2ccccc2)cc1. The molecule has 0 saturated carbocycles. The summed E-state index contributed by atoms with van der Waals surface area (Å²) in [6.07, 6.45) is 1.02. The van der Waals surface area contributed by atoms with E-state index in [9.17, 15) is 4.79 Å². The van der Waals surface area contributed by atoms with Crippen LogP contribution in [0.15, 0.2) is 59.6 Å². The number of amides is 1. The third-order valence-electron chi connectivity index (χ3n) is 5.12. The summed E-state index contributed by atoms with van der Waals surface area (Å²) in [6.45, 7) is 7.23. The van der Waals surface area contributed by atoms with Crippen LogP contribution in [0.3, 0.4) is 0 Å². The van der Waals surface area contributed by atoms with Gasteiger partial charge in [0.1, 0.15) is 0 Å². The first-order chi connectivity index (χ1) is 14.5. The maximum absolute atomic E-state index is 11.8. The van der Waals surface area contributed by atoms with E-state index >= 15 is 0 Å². The van der Waals surface area contributed by atoms with E-state index in [2.05, 4.69) is 64.1 Å². The van der Waals surface area contributed by atoms with Crippen molar-refractivity contribution in [2.24, 2.45) is 4.99 Å². The third kappa shape index (κ3) is 7.87. The molecule has 0 spiro atoms. The quantitative estimate of drug-likeness (QED) is 0.417. The number of aliphatic imine (C=N–C) groups is 1. The number of nitrogens with zero attached hydrogens (tertiary/aromatic N) is 2. The first-order valence-corrected chi connectivity index (χ1v) is 10.6. The van der Waals surface area contributed by atoms with E-state index in [1.165, 1.54) is 5.56 Å². The summed E-state index contributed by atoms with van der Waals surface area (Å²) in [6, 6.07) is 18.6. The third-order valence-corrected chi connectivity index (χ3v) is 5.12. The molecule has 0 heterocycles. The lowest BCUT2D eigenvalue weighted by Gasteiger charge is -2.25. The summed E-state index contributed by atoms with van der Waals surface area (Å²) in [5.41, 5.74) is 3.11. The lowest BCUT2D eigenvalue weighted by Crippen LogP contribution is -2.39. The van der Waals surface area contributed by atoms with Gasteiger partial charge in [0.15, 0.2) is 5.96 Å². The van der Waals surface area contributed by atoms with Crippen LogP contribution in [0.2, 0.25) is 0 Å². The van der Waals surface area contributed by atoms with E-state index in [1.807, 2.05) is 37.3 Å². The molecule has 2 aromatic carbocycles. The fourth-order valence-corrected chi connectivity index (χ4v) is 3.09. The Kier molecular flexibility index (Phi) is 9.87. The molecular formula is C24H35N5O. The average Bonchev–Trinajstić information content (AvgIpc) is 2.77. The second kappa shape index (κ2) is 12.6. The van der Waals surface area contributed by atoms with E-state index in [0.717, 1.165) is 31.0 Å². The van der Waals surface area contributed by atoms with Crippen molar-refractivity contribution >= 4 is 11.9 Å². The Morgan fingerprint density at radius 2 is 1.70 bits per heavy atom. The molecule has 0 radical (unpaired) electrons. The molecule has 1 atom stereocenters. The van der Waals surface area contributed by atoms with Gasteiger partial charge in [0, 0.05) is 44.8 Å². The molecule has 0 aliphatic carbocycles. The van der Waals surface area contributed by atoms with Gasteiger partial charge in [0.05, 0.1) is 0 Å². The van der Waals surface area contributed by atoms with Crippen LogP contribution >= 0.6 is 0 Å². The van der Waals surface area contributed by atoms with Crippen LogP contribution in [0.1, 0.15) is 41.8 Å². The predicted molar refractivity (Wildman–Crippen MR) is 125 cm³/mol. The van der Waals surface area contributed by atoms with Gasteiger partial charge in [-0.15, -0.1) is 0 Å². The molecule has 0 saturated heterocycles. The van der Waals surface area contributed by atoms with Gasteiger partial charge in [-0.2, -0.15) is 0 Å². The summed E-state index contributed by atoms with van der Waals surface area (Å²) in [7, 11) is 3.94. The van der Waals surface area contributed by atoms with Gasteiger partial charge in [-0.3, -0.25) is 14.7 Å². The number of carbonyl (C=O) groups is 1. The maximum atomic E-state index is 11.8. The van der Waals surface area contributed by atoms with E-state index in [4.69, 9.17) is 0 Å². The Bertz CT molecular complexity index is 789. The monoisotopic (exact) mass is 409 g/mol. The Morgan fingerprint density at radius 3 is 2.33 bits per heavy atom. The minimum Gasteiger partial charge on any atom is -0.356 e. The number of carbonyl (C=O) groups excluding carboxylic acids is 1. The minimum atomic E-state index is -0.0409. The van der Waals surface area contributed by atoms with Gasteiger partial charge in [-0.1, -0.05) is 42.5 Å². The Labute approximate surface area is 180 Å². The predicted octanol–water partition coefficient (Wildman–Crippen LogP) is 3.01. The Hall–Kier alpha value is -2.86. The summed E-state index contributed by atoms with van der Waals surface area (Å²) >= 11 is 0. The zero-order valence-electron chi connectivity index (χ0n) is 18.6. The van der Waals surface area contributed by atoms with Crippen LogP contribution in [0.25, 0.3) is 0 Å². The molecule has 1 amide bonds. The van der Waals surface area contributed by atoms with E-state index in [-0.39, 0.29) is 5.91 Å². The number of nitrogens with one attached hydrogen (secondary N) is 3. The fraction of sp³-hybridized carbons (Fsp3) is 0.417. The van der Waals surface area contributed by atoms with Gasteiger partial charge < -0.3 is 16.0 Å². The lowest BCUT2D eigenvalue weighted by atomic mass is 10.1. The van der Waals surface area contributed by atoms with E-state index < -0.39 is 0 Å². The van der Waals surface area contributed by atoms with Crippen molar-refractivity contribution in [3.63, 3.8) is 0 Å². The van der Waals surface area contributed by atoms with Gasteiger partial charge in [-0.25, -0.2) is 0 Å². The van der Waals surface area contributed by atoms with Crippen LogP contribution in [-0.4, -0.2) is 50.0 Å². The molecule has 6 heteroatoms. The Balaban J connectivity index is 1.72. The van der Waals surface area contributed by atoms with Gasteiger partial charge in [0.25, 0.3) is 5.91 Å². The first-order valence-electron chi connectivity index (χ1n) is 10.6. The largest absolute Gasteiger partial charge is 0.356 e. The second-order valence-corrected chi connectivity index (χ2v) is 7.45. The minimum absolute atomic E-state index is 0.0409. The zero-order valence-corrected chi connectivity index (χ0v) is 18.6. The molecular weight excluding hydrogens is 374 g/mol. The summed E-state index contributed by atoms with van der Waals surface area (Å²) in [4.78, 5) is 18.5. The van der Waals surface area contributed by atoms with Crippen molar-refractivity contribution in [3.05, 3.63) is 71.3 Å². The van der Waals surface area contributed by atoms with Gasteiger partial charge in [0.2, 0.25) is 0 Å². The molecule has 1 unspecified atom stereocenters. The van der Waals surface area contributed by atoms with Crippen molar-refractivity contribution in [1.82, 2.24) is 20.9 Å². The average molecular weight is 410 g/mol. The molecule has 3 N–H and O–H groups in total. The number of guanidine groups is 1. The van der Waals surface area contributed by atoms with E-state index in [0.29, 0.717) is 24.7 Å². The fourth-order valence-electron chi connectivity index (χ4n) is 3.09. The molecule has 0 aliphatic rings. The first kappa shape index (κ1) is 23.4. The highest BCUT2D eigenvalue weighted by Gasteiger charge is 2.10.